The van der Waals surface area contributed by atoms with Crippen molar-refractivity contribution in [2.75, 3.05) is 7.11 Å². The number of phenolic OH excluding ortho intramolecular Hbond substituents is 1. The van der Waals surface area contributed by atoms with Crippen LogP contribution in [-0.4, -0.2) is 35.7 Å². The number of hydrogen-bond donors (Lipinski definition) is 2. The summed E-state index contributed by atoms with van der Waals surface area (Å²) in [5.41, 5.74) is 1.55. The predicted octanol–water partition coefficient (Wildman–Crippen LogP) is 5.17. The van der Waals surface area contributed by atoms with Gasteiger partial charge in [-0.1, -0.05) is 25.5 Å². The number of ether oxygens (including phenoxy) is 3. The minimum Gasteiger partial charge on any atom is -0.507 e. The first-order valence-corrected chi connectivity index (χ1v) is 12.0. The van der Waals surface area contributed by atoms with Gasteiger partial charge >= 0.3 is 0 Å². The highest BCUT2D eigenvalue weighted by atomic mass is 16.5. The number of phenols is 1. The van der Waals surface area contributed by atoms with E-state index in [4.69, 9.17) is 14.2 Å². The maximum Gasteiger partial charge on any atom is 0.254 e. The maximum absolute atomic E-state index is 13.1. The average Bonchev–Trinajstić information content (AvgIpc) is 3.10. The number of hydrogen-bond acceptors (Lipinski definition) is 6. The second kappa shape index (κ2) is 10.4. The van der Waals surface area contributed by atoms with Crippen molar-refractivity contribution in [2.45, 2.75) is 51.9 Å². The van der Waals surface area contributed by atoms with E-state index in [1.807, 2.05) is 37.3 Å². The first-order valence-electron chi connectivity index (χ1n) is 12.0. The van der Waals surface area contributed by atoms with Gasteiger partial charge in [-0.3, -0.25) is 9.59 Å². The third-order valence-corrected chi connectivity index (χ3v) is 6.21. The normalized spacial score (nSPS) is 19.1. The Bertz CT molecular complexity index is 1290. The fourth-order valence-electron chi connectivity index (χ4n) is 4.44. The Balaban J connectivity index is 1.56. The van der Waals surface area contributed by atoms with E-state index >= 15 is 0 Å². The molecule has 0 bridgehead atoms. The van der Waals surface area contributed by atoms with Crippen LogP contribution in [0.2, 0.25) is 0 Å². The van der Waals surface area contributed by atoms with E-state index < -0.39 is 5.60 Å². The Morgan fingerprint density at radius 2 is 1.92 bits per heavy atom. The number of carbonyl (C=O) groups excluding carboxylic acids is 2. The van der Waals surface area contributed by atoms with Crippen LogP contribution >= 0.6 is 0 Å². The molecule has 3 aromatic rings. The van der Waals surface area contributed by atoms with Crippen molar-refractivity contribution < 1.29 is 28.9 Å². The van der Waals surface area contributed by atoms with E-state index in [1.165, 1.54) is 13.2 Å². The molecule has 3 aromatic carbocycles. The number of methoxy groups -OCH3 is 1. The van der Waals surface area contributed by atoms with E-state index in [0.717, 1.165) is 17.5 Å². The van der Waals surface area contributed by atoms with Crippen molar-refractivity contribution >= 4 is 11.7 Å². The van der Waals surface area contributed by atoms with Crippen LogP contribution in [0.25, 0.3) is 0 Å². The highest BCUT2D eigenvalue weighted by Gasteiger charge is 2.42. The van der Waals surface area contributed by atoms with Crippen LogP contribution in [-0.2, 0) is 22.4 Å². The van der Waals surface area contributed by atoms with Crippen molar-refractivity contribution in [2.24, 2.45) is 0 Å². The molecule has 36 heavy (non-hydrogen) atoms. The third kappa shape index (κ3) is 5.36. The van der Waals surface area contributed by atoms with Crippen molar-refractivity contribution in [3.05, 3.63) is 82.9 Å². The molecule has 7 nitrogen and oxygen atoms in total. The van der Waals surface area contributed by atoms with E-state index in [0.29, 0.717) is 35.7 Å². The molecule has 7 heteroatoms. The maximum atomic E-state index is 13.1. The zero-order valence-corrected chi connectivity index (χ0v) is 21.0. The van der Waals surface area contributed by atoms with Crippen molar-refractivity contribution in [1.82, 2.24) is 5.32 Å². The first-order chi connectivity index (χ1) is 17.2. The van der Waals surface area contributed by atoms with Crippen molar-refractivity contribution in [3.63, 3.8) is 0 Å². The Hall–Kier alpha value is -3.84. The van der Waals surface area contributed by atoms with Gasteiger partial charge in [0, 0.05) is 18.1 Å². The zero-order chi connectivity index (χ0) is 25.9. The number of rotatable bonds is 9. The Kier molecular flexibility index (Phi) is 7.31. The Labute approximate surface area is 211 Å². The Morgan fingerprint density at radius 3 is 2.58 bits per heavy atom. The van der Waals surface area contributed by atoms with E-state index in [9.17, 15) is 14.7 Å². The van der Waals surface area contributed by atoms with Gasteiger partial charge in [0.15, 0.2) is 5.78 Å². The molecule has 0 aliphatic carbocycles. The smallest absolute Gasteiger partial charge is 0.254 e. The standard InChI is InChI=1S/C29H31NO6/c1-5-7-20-15-21(27(32)24-12-11-22(34-4)16-25(24)31)10-13-26(20)35-23-9-6-8-19(14-23)17-29(3)28(33)30-18(2)36-29/h6,8-16,18,31H,5,7,17H2,1-4H3,(H,30,33)/t18?,29-/m1/s1. The van der Waals surface area contributed by atoms with Crippen LogP contribution in [0.4, 0.5) is 0 Å². The second-order valence-corrected chi connectivity index (χ2v) is 9.18. The number of carbonyl (C=O) groups is 2. The predicted molar refractivity (Wildman–Crippen MR) is 136 cm³/mol. The summed E-state index contributed by atoms with van der Waals surface area (Å²) in [6, 6.07) is 17.5. The summed E-state index contributed by atoms with van der Waals surface area (Å²) in [5, 5.41) is 13.1. The van der Waals surface area contributed by atoms with E-state index in [2.05, 4.69) is 12.2 Å². The monoisotopic (exact) mass is 489 g/mol. The molecule has 0 spiro atoms. The van der Waals surface area contributed by atoms with Crippen LogP contribution in [0, 0.1) is 0 Å². The first kappa shape index (κ1) is 25.3. The van der Waals surface area contributed by atoms with Gasteiger partial charge in [-0.15, -0.1) is 0 Å². The lowest BCUT2D eigenvalue weighted by atomic mass is 9.96. The van der Waals surface area contributed by atoms with Gasteiger partial charge in [0.25, 0.3) is 5.91 Å². The fraction of sp³-hybridized carbons (Fsp3) is 0.310. The third-order valence-electron chi connectivity index (χ3n) is 6.21. The molecular formula is C29H31NO6. The topological polar surface area (TPSA) is 94.1 Å². The lowest BCUT2D eigenvalue weighted by Gasteiger charge is -2.21. The zero-order valence-electron chi connectivity index (χ0n) is 21.0. The van der Waals surface area contributed by atoms with Gasteiger partial charge in [-0.2, -0.15) is 0 Å². The molecule has 188 valence electrons. The second-order valence-electron chi connectivity index (χ2n) is 9.18. The van der Waals surface area contributed by atoms with Crippen LogP contribution < -0.4 is 14.8 Å². The Morgan fingerprint density at radius 1 is 1.11 bits per heavy atom. The molecule has 2 N–H and O–H groups in total. The van der Waals surface area contributed by atoms with Gasteiger partial charge < -0.3 is 24.6 Å². The largest absolute Gasteiger partial charge is 0.507 e. The summed E-state index contributed by atoms with van der Waals surface area (Å²) in [6.45, 7) is 5.65. The SMILES string of the molecule is CCCc1cc(C(=O)c2ccc(OC)cc2O)ccc1Oc1cccc(C[C@@]2(C)OC(C)NC2=O)c1. The average molecular weight is 490 g/mol. The highest BCUT2D eigenvalue weighted by Crippen LogP contribution is 2.32. The molecule has 0 saturated carbocycles. The number of nitrogens with one attached hydrogen (secondary N) is 1. The van der Waals surface area contributed by atoms with E-state index in [1.54, 1.807) is 31.2 Å². The molecule has 0 aromatic heterocycles. The molecule has 1 unspecified atom stereocenters. The molecule has 1 aliphatic heterocycles. The summed E-state index contributed by atoms with van der Waals surface area (Å²) in [6.07, 6.45) is 1.68. The highest BCUT2D eigenvalue weighted by molar-refractivity contribution is 6.11. The summed E-state index contributed by atoms with van der Waals surface area (Å²) in [5.74, 6) is 1.22. The lowest BCUT2D eigenvalue weighted by Crippen LogP contribution is -2.38. The van der Waals surface area contributed by atoms with Crippen LogP contribution in [0.5, 0.6) is 23.0 Å². The summed E-state index contributed by atoms with van der Waals surface area (Å²) in [4.78, 5) is 25.4. The molecule has 1 amide bonds. The van der Waals surface area contributed by atoms with Crippen LogP contribution in [0.1, 0.15) is 54.2 Å². The molecule has 2 atom stereocenters. The van der Waals surface area contributed by atoms with Gasteiger partial charge in [0.2, 0.25) is 0 Å². The molecule has 1 heterocycles. The minimum absolute atomic E-state index is 0.128. The fourth-order valence-corrected chi connectivity index (χ4v) is 4.44. The van der Waals surface area contributed by atoms with Gasteiger partial charge in [-0.05, 0) is 73.9 Å². The molecular weight excluding hydrogens is 458 g/mol. The van der Waals surface area contributed by atoms with E-state index in [-0.39, 0.29) is 29.2 Å². The number of amides is 1. The molecule has 1 saturated heterocycles. The number of aryl methyl sites for hydroxylation is 1. The lowest BCUT2D eigenvalue weighted by molar-refractivity contribution is -0.131. The molecule has 4 rings (SSSR count). The van der Waals surface area contributed by atoms with Crippen molar-refractivity contribution in [3.8, 4) is 23.0 Å². The minimum atomic E-state index is -0.930. The number of aromatic hydroxyl groups is 1. The molecule has 1 aliphatic rings. The summed E-state index contributed by atoms with van der Waals surface area (Å²) < 4.78 is 17.1. The quantitative estimate of drug-likeness (QED) is 0.403. The van der Waals surface area contributed by atoms with Gasteiger partial charge in [-0.25, -0.2) is 0 Å². The molecule has 1 fully saturated rings. The van der Waals surface area contributed by atoms with Crippen molar-refractivity contribution in [1.29, 1.82) is 0 Å². The van der Waals surface area contributed by atoms with Gasteiger partial charge in [0.1, 0.15) is 34.8 Å². The summed E-state index contributed by atoms with van der Waals surface area (Å²) >= 11 is 0. The number of ketones is 1. The molecule has 0 radical (unpaired) electrons. The van der Waals surface area contributed by atoms with Crippen LogP contribution in [0.3, 0.4) is 0 Å². The van der Waals surface area contributed by atoms with Gasteiger partial charge in [0.05, 0.1) is 12.7 Å². The number of benzene rings is 3. The summed E-state index contributed by atoms with van der Waals surface area (Å²) in [7, 11) is 1.50. The van der Waals surface area contributed by atoms with Crippen LogP contribution in [0.15, 0.2) is 60.7 Å².